The van der Waals surface area contributed by atoms with Gasteiger partial charge in [0.15, 0.2) is 0 Å². The average Bonchev–Trinajstić information content (AvgIpc) is 2.58. The van der Waals surface area contributed by atoms with Crippen molar-refractivity contribution < 1.29 is 0 Å². The first-order chi connectivity index (χ1) is 5.75. The van der Waals surface area contributed by atoms with Gasteiger partial charge < -0.3 is 4.98 Å². The fourth-order valence-electron chi connectivity index (χ4n) is 0.860. The zero-order valence-electron chi connectivity index (χ0n) is 5.83. The molecule has 0 fully saturated rings. The van der Waals surface area contributed by atoms with Crippen LogP contribution in [0.4, 0.5) is 0 Å². The number of rotatable bonds is 1. The van der Waals surface area contributed by atoms with E-state index < -0.39 is 0 Å². The lowest BCUT2D eigenvalue weighted by atomic mass is 10.4. The third kappa shape index (κ3) is 1.53. The van der Waals surface area contributed by atoms with E-state index in [1.807, 2.05) is 17.5 Å². The Kier molecular flexibility index (Phi) is 2.16. The monoisotopic (exact) mass is 261 g/mol. The van der Waals surface area contributed by atoms with Crippen LogP contribution in [0.15, 0.2) is 26.1 Å². The molecule has 0 aliphatic heterocycles. The average molecular weight is 262 g/mol. The van der Waals surface area contributed by atoms with Crippen molar-refractivity contribution in [3.8, 4) is 10.6 Å². The molecule has 0 unspecified atom stereocenters. The lowest BCUT2D eigenvalue weighted by Crippen LogP contribution is -1.91. The van der Waals surface area contributed by atoms with E-state index in [2.05, 4.69) is 20.9 Å². The number of hydrogen-bond acceptors (Lipinski definition) is 3. The summed E-state index contributed by atoms with van der Waals surface area (Å²) in [6.45, 7) is 0. The predicted molar refractivity (Wildman–Crippen MR) is 56.0 cm³/mol. The van der Waals surface area contributed by atoms with Crippen molar-refractivity contribution in [2.24, 2.45) is 0 Å². The lowest BCUT2D eigenvalue weighted by Gasteiger charge is -1.86. The summed E-state index contributed by atoms with van der Waals surface area (Å²) >= 11 is 6.16. The van der Waals surface area contributed by atoms with Gasteiger partial charge in [0.25, 0.3) is 0 Å². The Labute approximate surface area is 85.0 Å². The van der Waals surface area contributed by atoms with Crippen LogP contribution < -0.4 is 4.87 Å². The third-order valence-corrected chi connectivity index (χ3v) is 3.69. The first-order valence-corrected chi connectivity index (χ1v) is 5.68. The maximum atomic E-state index is 10.8. The van der Waals surface area contributed by atoms with Crippen LogP contribution in [0.5, 0.6) is 0 Å². The Hall–Kier alpha value is -0.390. The standard InChI is InChI=1S/C7H4BrNOS2/c8-6-2-1-5(12-6)4-3-11-7(10)9-4/h1-3H,(H,9,10). The second-order valence-electron chi connectivity index (χ2n) is 2.17. The van der Waals surface area contributed by atoms with Crippen LogP contribution in [-0.2, 0) is 0 Å². The molecule has 2 aromatic rings. The summed E-state index contributed by atoms with van der Waals surface area (Å²) in [5.41, 5.74) is 0.903. The van der Waals surface area contributed by atoms with E-state index in [0.29, 0.717) is 0 Å². The van der Waals surface area contributed by atoms with Gasteiger partial charge in [0.1, 0.15) is 0 Å². The van der Waals surface area contributed by atoms with E-state index in [1.165, 1.54) is 11.3 Å². The second-order valence-corrected chi connectivity index (χ2v) is 5.47. The normalized spacial score (nSPS) is 10.4. The van der Waals surface area contributed by atoms with Gasteiger partial charge in [-0.1, -0.05) is 11.3 Å². The number of H-pyrrole nitrogens is 1. The smallest absolute Gasteiger partial charge is 0.304 e. The fourth-order valence-corrected chi connectivity index (χ4v) is 2.87. The molecule has 0 spiro atoms. The summed E-state index contributed by atoms with van der Waals surface area (Å²) < 4.78 is 1.07. The van der Waals surface area contributed by atoms with E-state index in [4.69, 9.17) is 0 Å². The molecular formula is C7H4BrNOS2. The number of aromatic nitrogens is 1. The molecule has 12 heavy (non-hydrogen) atoms. The number of thiophene rings is 1. The van der Waals surface area contributed by atoms with E-state index in [9.17, 15) is 4.79 Å². The molecule has 0 aliphatic carbocycles. The van der Waals surface area contributed by atoms with Gasteiger partial charge in [0.05, 0.1) is 14.4 Å². The molecule has 2 heterocycles. The first kappa shape index (κ1) is 8.22. The largest absolute Gasteiger partial charge is 0.312 e. The molecule has 0 atom stereocenters. The summed E-state index contributed by atoms with van der Waals surface area (Å²) in [4.78, 5) is 14.7. The van der Waals surface area contributed by atoms with Crippen molar-refractivity contribution in [1.29, 1.82) is 0 Å². The number of aromatic amines is 1. The van der Waals surface area contributed by atoms with Gasteiger partial charge in [-0.3, -0.25) is 4.79 Å². The highest BCUT2D eigenvalue weighted by Gasteiger charge is 2.02. The third-order valence-electron chi connectivity index (χ3n) is 1.36. The van der Waals surface area contributed by atoms with Crippen molar-refractivity contribution in [1.82, 2.24) is 4.98 Å². The lowest BCUT2D eigenvalue weighted by molar-refractivity contribution is 1.35. The second kappa shape index (κ2) is 3.16. The predicted octanol–water partition coefficient (Wildman–Crippen LogP) is 2.93. The van der Waals surface area contributed by atoms with E-state index in [1.54, 1.807) is 11.3 Å². The molecule has 5 heteroatoms. The zero-order chi connectivity index (χ0) is 8.55. The summed E-state index contributed by atoms with van der Waals surface area (Å²) in [6.07, 6.45) is 0. The molecule has 2 aromatic heterocycles. The van der Waals surface area contributed by atoms with Gasteiger partial charge >= 0.3 is 4.87 Å². The number of hydrogen-bond donors (Lipinski definition) is 1. The molecule has 0 aromatic carbocycles. The molecule has 0 aliphatic rings. The van der Waals surface area contributed by atoms with Crippen molar-refractivity contribution in [3.05, 3.63) is 31.0 Å². The van der Waals surface area contributed by atoms with Gasteiger partial charge in [0, 0.05) is 5.38 Å². The van der Waals surface area contributed by atoms with Crippen LogP contribution in [0.3, 0.4) is 0 Å². The van der Waals surface area contributed by atoms with Crippen LogP contribution >= 0.6 is 38.6 Å². The summed E-state index contributed by atoms with van der Waals surface area (Å²) in [5, 5.41) is 1.83. The molecular weight excluding hydrogens is 258 g/mol. The maximum absolute atomic E-state index is 10.8. The molecule has 0 bridgehead atoms. The number of thiazole rings is 1. The Balaban J connectivity index is 2.50. The van der Waals surface area contributed by atoms with E-state index in [-0.39, 0.29) is 4.87 Å². The van der Waals surface area contributed by atoms with Crippen LogP contribution in [0.2, 0.25) is 0 Å². The SMILES string of the molecule is O=c1[nH]c(-c2ccc(Br)s2)cs1. The fraction of sp³-hybridized carbons (Fsp3) is 0. The Bertz CT molecular complexity index is 442. The highest BCUT2D eigenvalue weighted by molar-refractivity contribution is 9.11. The van der Waals surface area contributed by atoms with E-state index >= 15 is 0 Å². The molecule has 2 rings (SSSR count). The summed E-state index contributed by atoms with van der Waals surface area (Å²) in [7, 11) is 0. The van der Waals surface area contributed by atoms with Crippen molar-refractivity contribution >= 4 is 38.6 Å². The van der Waals surface area contributed by atoms with Crippen molar-refractivity contribution in [2.45, 2.75) is 0 Å². The Morgan fingerprint density at radius 1 is 1.42 bits per heavy atom. The highest BCUT2D eigenvalue weighted by Crippen LogP contribution is 2.29. The van der Waals surface area contributed by atoms with Crippen molar-refractivity contribution in [2.75, 3.05) is 0 Å². The van der Waals surface area contributed by atoms with Gasteiger partial charge in [-0.05, 0) is 28.1 Å². The van der Waals surface area contributed by atoms with Gasteiger partial charge in [-0.25, -0.2) is 0 Å². The molecule has 62 valence electrons. The molecule has 0 amide bonds. The minimum atomic E-state index is -0.00507. The maximum Gasteiger partial charge on any atom is 0.304 e. The highest BCUT2D eigenvalue weighted by atomic mass is 79.9. The number of halogens is 1. The van der Waals surface area contributed by atoms with Crippen LogP contribution in [-0.4, -0.2) is 4.98 Å². The molecule has 1 N–H and O–H groups in total. The zero-order valence-corrected chi connectivity index (χ0v) is 9.05. The topological polar surface area (TPSA) is 32.9 Å². The van der Waals surface area contributed by atoms with Gasteiger partial charge in [-0.15, -0.1) is 11.3 Å². The van der Waals surface area contributed by atoms with Crippen LogP contribution in [0, 0.1) is 0 Å². The molecule has 0 saturated carbocycles. The van der Waals surface area contributed by atoms with Crippen LogP contribution in [0.25, 0.3) is 10.6 Å². The first-order valence-electron chi connectivity index (χ1n) is 3.19. The van der Waals surface area contributed by atoms with Gasteiger partial charge in [-0.2, -0.15) is 0 Å². The number of nitrogens with one attached hydrogen (secondary N) is 1. The Morgan fingerprint density at radius 3 is 2.75 bits per heavy atom. The molecule has 2 nitrogen and oxygen atoms in total. The minimum absolute atomic E-state index is 0.00507. The van der Waals surface area contributed by atoms with E-state index in [0.717, 1.165) is 14.4 Å². The summed E-state index contributed by atoms with van der Waals surface area (Å²) in [5.74, 6) is 0. The van der Waals surface area contributed by atoms with Crippen LogP contribution in [0.1, 0.15) is 0 Å². The Morgan fingerprint density at radius 2 is 2.25 bits per heavy atom. The van der Waals surface area contributed by atoms with Gasteiger partial charge in [0.2, 0.25) is 0 Å². The molecule has 0 radical (unpaired) electrons. The molecule has 0 saturated heterocycles. The van der Waals surface area contributed by atoms with Crippen molar-refractivity contribution in [3.63, 3.8) is 0 Å². The quantitative estimate of drug-likeness (QED) is 0.842. The summed E-state index contributed by atoms with van der Waals surface area (Å²) in [6, 6.07) is 3.95. The minimum Gasteiger partial charge on any atom is -0.312 e.